The lowest BCUT2D eigenvalue weighted by atomic mass is 9.99. The highest BCUT2D eigenvalue weighted by molar-refractivity contribution is 6.69. The summed E-state index contributed by atoms with van der Waals surface area (Å²) in [5, 5.41) is -1.91. The van der Waals surface area contributed by atoms with E-state index in [1.165, 1.54) is 12.8 Å². The topological polar surface area (TPSA) is 86.7 Å². The number of carbonyl (C=O) groups is 4. The Kier molecular flexibility index (Phi) is 15.5. The average molecular weight is 515 g/mol. The summed E-state index contributed by atoms with van der Waals surface area (Å²) in [6.07, 6.45) is 12.2. The summed E-state index contributed by atoms with van der Waals surface area (Å²) in [7, 11) is 0. The maximum absolute atomic E-state index is 12.6. The second-order valence-corrected chi connectivity index (χ2v) is 8.98. The van der Waals surface area contributed by atoms with Gasteiger partial charge in [-0.05, 0) is 48.2 Å². The van der Waals surface area contributed by atoms with Crippen LogP contribution in [-0.4, -0.2) is 35.6 Å². The standard InChI is InChI=1S/C26H36Cl2O6/c1-3-5-7-9-11-13-15-33-25(31)21-17-20(24(28)30)22(18-19(21)23(27)29)26(32)34-16-14-12-10-8-6-4-2/h17-18H,3-16H2,1-2H3. The van der Waals surface area contributed by atoms with Crippen LogP contribution in [0.2, 0.25) is 0 Å². The van der Waals surface area contributed by atoms with Gasteiger partial charge in [0, 0.05) is 11.1 Å². The lowest BCUT2D eigenvalue weighted by molar-refractivity contribution is 0.0480. The van der Waals surface area contributed by atoms with Crippen LogP contribution in [0.1, 0.15) is 132 Å². The molecule has 0 heterocycles. The Hall–Kier alpha value is -1.92. The van der Waals surface area contributed by atoms with Crippen molar-refractivity contribution in [1.82, 2.24) is 0 Å². The lowest BCUT2D eigenvalue weighted by Gasteiger charge is -2.12. The average Bonchev–Trinajstić information content (AvgIpc) is 2.81. The van der Waals surface area contributed by atoms with E-state index in [-0.39, 0.29) is 35.5 Å². The normalized spacial score (nSPS) is 10.7. The molecule has 0 spiro atoms. The van der Waals surface area contributed by atoms with Gasteiger partial charge >= 0.3 is 11.9 Å². The first-order valence-electron chi connectivity index (χ1n) is 12.2. The largest absolute Gasteiger partial charge is 0.462 e. The molecule has 0 saturated carbocycles. The Labute approximate surface area is 212 Å². The first-order valence-corrected chi connectivity index (χ1v) is 13.0. The van der Waals surface area contributed by atoms with Crippen molar-refractivity contribution in [2.24, 2.45) is 0 Å². The Morgan fingerprint density at radius 1 is 0.559 bits per heavy atom. The number of esters is 2. The summed E-state index contributed by atoms with van der Waals surface area (Å²) in [6.45, 7) is 4.62. The summed E-state index contributed by atoms with van der Waals surface area (Å²) >= 11 is 11.3. The molecular weight excluding hydrogens is 479 g/mol. The summed E-state index contributed by atoms with van der Waals surface area (Å²) in [5.74, 6) is -1.60. The third-order valence-electron chi connectivity index (χ3n) is 5.48. The molecule has 1 aromatic rings. The summed E-state index contributed by atoms with van der Waals surface area (Å²) < 4.78 is 10.5. The second-order valence-electron chi connectivity index (χ2n) is 8.30. The van der Waals surface area contributed by atoms with Gasteiger partial charge < -0.3 is 9.47 Å². The second kappa shape index (κ2) is 17.5. The minimum absolute atomic E-state index is 0.174. The van der Waals surface area contributed by atoms with Crippen LogP contribution in [0.5, 0.6) is 0 Å². The van der Waals surface area contributed by atoms with Crippen molar-refractivity contribution in [2.45, 2.75) is 90.9 Å². The van der Waals surface area contributed by atoms with E-state index in [9.17, 15) is 19.2 Å². The molecule has 1 rings (SSSR count). The summed E-state index contributed by atoms with van der Waals surface area (Å²) in [5.41, 5.74) is -0.879. The molecule has 190 valence electrons. The molecule has 0 aliphatic rings. The van der Waals surface area contributed by atoms with Crippen LogP contribution in [0.4, 0.5) is 0 Å². The number of carbonyl (C=O) groups excluding carboxylic acids is 4. The van der Waals surface area contributed by atoms with E-state index in [0.717, 1.165) is 63.5 Å². The van der Waals surface area contributed by atoms with Gasteiger partial charge in [-0.15, -0.1) is 0 Å². The van der Waals surface area contributed by atoms with E-state index in [0.29, 0.717) is 12.8 Å². The fourth-order valence-corrected chi connectivity index (χ4v) is 3.83. The molecule has 0 fully saturated rings. The summed E-state index contributed by atoms with van der Waals surface area (Å²) in [6, 6.07) is 2.16. The van der Waals surface area contributed by atoms with Gasteiger partial charge in [0.1, 0.15) is 0 Å². The Balaban J connectivity index is 2.84. The summed E-state index contributed by atoms with van der Waals surface area (Å²) in [4.78, 5) is 49.1. The van der Waals surface area contributed by atoms with Crippen molar-refractivity contribution in [3.05, 3.63) is 34.4 Å². The Morgan fingerprint density at radius 3 is 1.21 bits per heavy atom. The predicted octanol–water partition coefficient (Wildman–Crippen LogP) is 7.48. The van der Waals surface area contributed by atoms with Crippen molar-refractivity contribution in [3.8, 4) is 0 Å². The smallest absolute Gasteiger partial charge is 0.338 e. The number of hydrogen-bond donors (Lipinski definition) is 0. The van der Waals surface area contributed by atoms with E-state index in [2.05, 4.69) is 13.8 Å². The van der Waals surface area contributed by atoms with Gasteiger partial charge in [0.15, 0.2) is 0 Å². The number of ether oxygens (including phenoxy) is 2. The first-order chi connectivity index (χ1) is 16.3. The fourth-order valence-electron chi connectivity index (χ4n) is 3.51. The molecular formula is C26H36Cl2O6. The van der Waals surface area contributed by atoms with Crippen molar-refractivity contribution in [3.63, 3.8) is 0 Å². The van der Waals surface area contributed by atoms with Crippen LogP contribution in [0, 0.1) is 0 Å². The molecule has 0 bridgehead atoms. The van der Waals surface area contributed by atoms with Crippen LogP contribution in [0.15, 0.2) is 12.1 Å². The number of halogens is 2. The predicted molar refractivity (Wildman–Crippen MR) is 134 cm³/mol. The molecule has 0 N–H and O–H groups in total. The van der Waals surface area contributed by atoms with Gasteiger partial charge in [-0.1, -0.05) is 78.1 Å². The zero-order valence-electron chi connectivity index (χ0n) is 20.3. The van der Waals surface area contributed by atoms with Crippen molar-refractivity contribution < 1.29 is 28.7 Å². The van der Waals surface area contributed by atoms with Crippen molar-refractivity contribution in [1.29, 1.82) is 0 Å². The molecule has 0 saturated heterocycles. The van der Waals surface area contributed by atoms with Crippen molar-refractivity contribution >= 4 is 45.6 Å². The zero-order chi connectivity index (χ0) is 25.3. The molecule has 0 aliphatic carbocycles. The molecule has 34 heavy (non-hydrogen) atoms. The van der Waals surface area contributed by atoms with Gasteiger partial charge in [0.2, 0.25) is 0 Å². The quantitative estimate of drug-likeness (QED) is 0.114. The minimum atomic E-state index is -0.954. The molecule has 0 aliphatic heterocycles. The van der Waals surface area contributed by atoms with E-state index in [4.69, 9.17) is 32.7 Å². The number of benzene rings is 1. The van der Waals surface area contributed by atoms with Gasteiger partial charge in [-0.25, -0.2) is 9.59 Å². The molecule has 8 heteroatoms. The van der Waals surface area contributed by atoms with Gasteiger partial charge in [0.25, 0.3) is 10.5 Å². The highest BCUT2D eigenvalue weighted by atomic mass is 35.5. The third-order valence-corrected chi connectivity index (χ3v) is 5.89. The highest BCUT2D eigenvalue weighted by Gasteiger charge is 2.26. The van der Waals surface area contributed by atoms with Crippen LogP contribution in [0.3, 0.4) is 0 Å². The maximum atomic E-state index is 12.6. The van der Waals surface area contributed by atoms with Crippen LogP contribution in [-0.2, 0) is 9.47 Å². The van der Waals surface area contributed by atoms with E-state index in [1.807, 2.05) is 0 Å². The first kappa shape index (κ1) is 30.1. The Morgan fingerprint density at radius 2 is 0.882 bits per heavy atom. The molecule has 0 atom stereocenters. The molecule has 0 unspecified atom stereocenters. The molecule has 0 aromatic heterocycles. The fraction of sp³-hybridized carbons (Fsp3) is 0.615. The van der Waals surface area contributed by atoms with Crippen LogP contribution in [0.25, 0.3) is 0 Å². The number of rotatable bonds is 18. The molecule has 0 radical (unpaired) electrons. The molecule has 0 amide bonds. The van der Waals surface area contributed by atoms with E-state index < -0.39 is 22.4 Å². The van der Waals surface area contributed by atoms with Gasteiger partial charge in [-0.3, -0.25) is 9.59 Å². The molecule has 6 nitrogen and oxygen atoms in total. The maximum Gasteiger partial charge on any atom is 0.338 e. The third kappa shape index (κ3) is 11.0. The Bertz CT molecular complexity index is 754. The SMILES string of the molecule is CCCCCCCCOC(=O)c1cc(C(=O)Cl)c(C(=O)OCCCCCCCC)cc1C(=O)Cl. The number of unbranched alkanes of at least 4 members (excludes halogenated alkanes) is 10. The number of hydrogen-bond acceptors (Lipinski definition) is 6. The van der Waals surface area contributed by atoms with E-state index in [1.54, 1.807) is 0 Å². The lowest BCUT2D eigenvalue weighted by Crippen LogP contribution is -2.17. The van der Waals surface area contributed by atoms with Gasteiger partial charge in [-0.2, -0.15) is 0 Å². The minimum Gasteiger partial charge on any atom is -0.462 e. The van der Waals surface area contributed by atoms with Crippen LogP contribution >= 0.6 is 23.2 Å². The van der Waals surface area contributed by atoms with Gasteiger partial charge in [0.05, 0.1) is 24.3 Å². The zero-order valence-corrected chi connectivity index (χ0v) is 21.8. The highest BCUT2D eigenvalue weighted by Crippen LogP contribution is 2.23. The molecule has 1 aromatic carbocycles. The van der Waals surface area contributed by atoms with Crippen molar-refractivity contribution in [2.75, 3.05) is 13.2 Å². The van der Waals surface area contributed by atoms with Crippen LogP contribution < -0.4 is 0 Å². The monoisotopic (exact) mass is 514 g/mol. The van der Waals surface area contributed by atoms with E-state index >= 15 is 0 Å².